The monoisotopic (exact) mass is 415 g/mol. The molecule has 2 N–H and O–H groups in total. The summed E-state index contributed by atoms with van der Waals surface area (Å²) >= 11 is 8.01. The molecular formula is C21H22ClN3O2S. The topological polar surface area (TPSA) is 63.2 Å². The number of nitrogens with one attached hydrogen (secondary N) is 2. The maximum atomic E-state index is 12.3. The van der Waals surface area contributed by atoms with Crippen LogP contribution in [0.5, 0.6) is 5.75 Å². The zero-order chi connectivity index (χ0) is 19.8. The number of halogens is 1. The first-order chi connectivity index (χ1) is 13.6. The summed E-state index contributed by atoms with van der Waals surface area (Å²) in [6.07, 6.45) is 2.56. The summed E-state index contributed by atoms with van der Waals surface area (Å²) in [5, 5.41) is 8.63. The number of nitrogens with zero attached hydrogens (tertiary/aromatic N) is 1. The van der Waals surface area contributed by atoms with Crippen LogP contribution in [-0.4, -0.2) is 23.5 Å². The normalized spacial score (nSPS) is 11.6. The minimum absolute atomic E-state index is 0.0526. The molecule has 1 amide bonds. The van der Waals surface area contributed by atoms with E-state index in [0.29, 0.717) is 23.9 Å². The highest BCUT2D eigenvalue weighted by molar-refractivity contribution is 7.09. The number of thiophene rings is 1. The largest absolute Gasteiger partial charge is 0.486 e. The van der Waals surface area contributed by atoms with Crippen LogP contribution in [0, 0.1) is 0 Å². The van der Waals surface area contributed by atoms with Crippen molar-refractivity contribution >= 4 is 34.5 Å². The molecule has 28 heavy (non-hydrogen) atoms. The lowest BCUT2D eigenvalue weighted by atomic mass is 10.2. The third kappa shape index (κ3) is 5.97. The van der Waals surface area contributed by atoms with Gasteiger partial charge in [-0.2, -0.15) is 0 Å². The van der Waals surface area contributed by atoms with Gasteiger partial charge < -0.3 is 15.4 Å². The smallest absolute Gasteiger partial charge is 0.242 e. The van der Waals surface area contributed by atoms with Crippen molar-refractivity contribution in [1.82, 2.24) is 10.3 Å². The Hall–Kier alpha value is -2.57. The first-order valence-corrected chi connectivity index (χ1v) is 10.3. The Kier molecular flexibility index (Phi) is 7.28. The number of carbonyl (C=O) groups is 1. The predicted molar refractivity (Wildman–Crippen MR) is 114 cm³/mol. The molecule has 0 saturated heterocycles. The minimum Gasteiger partial charge on any atom is -0.486 e. The first-order valence-electron chi connectivity index (χ1n) is 9.00. The van der Waals surface area contributed by atoms with Gasteiger partial charge in [-0.25, -0.2) is 0 Å². The van der Waals surface area contributed by atoms with Crippen LogP contribution in [0.3, 0.4) is 0 Å². The highest BCUT2D eigenvalue weighted by Gasteiger charge is 2.13. The molecule has 0 radical (unpaired) electrons. The van der Waals surface area contributed by atoms with Crippen LogP contribution in [0.15, 0.2) is 60.1 Å². The van der Waals surface area contributed by atoms with E-state index in [0.717, 1.165) is 17.8 Å². The van der Waals surface area contributed by atoms with E-state index >= 15 is 0 Å². The number of hydrogen-bond donors (Lipinski definition) is 2. The van der Waals surface area contributed by atoms with E-state index in [2.05, 4.69) is 21.7 Å². The van der Waals surface area contributed by atoms with E-state index in [1.807, 2.05) is 42.6 Å². The fourth-order valence-corrected chi connectivity index (χ4v) is 3.52. The summed E-state index contributed by atoms with van der Waals surface area (Å²) in [5.74, 6) is 0.522. The van der Waals surface area contributed by atoms with Crippen molar-refractivity contribution in [1.29, 1.82) is 0 Å². The zero-order valence-corrected chi connectivity index (χ0v) is 17.1. The van der Waals surface area contributed by atoms with Crippen molar-refractivity contribution in [3.63, 3.8) is 0 Å². The van der Waals surface area contributed by atoms with Crippen LogP contribution in [0.2, 0.25) is 5.02 Å². The summed E-state index contributed by atoms with van der Waals surface area (Å²) in [5.41, 5.74) is 1.59. The Morgan fingerprint density at radius 2 is 2.14 bits per heavy atom. The van der Waals surface area contributed by atoms with Gasteiger partial charge in [-0.05, 0) is 55.1 Å². The molecule has 0 aliphatic rings. The van der Waals surface area contributed by atoms with Crippen molar-refractivity contribution in [3.8, 4) is 5.75 Å². The molecule has 2 heterocycles. The molecule has 3 rings (SSSR count). The SMILES string of the molecule is CC(Nc1ccc(OCc2ccccn2)c(Cl)c1)C(=O)NCCc1cccs1. The molecule has 0 spiro atoms. The van der Waals surface area contributed by atoms with Gasteiger partial charge >= 0.3 is 0 Å². The standard InChI is InChI=1S/C21H22ClN3O2S/c1-15(21(26)24-11-9-18-6-4-12-28-18)25-16-7-8-20(19(22)13-16)27-14-17-5-2-3-10-23-17/h2-8,10,12-13,15,25H,9,11,14H2,1H3,(H,24,26). The van der Waals surface area contributed by atoms with Gasteiger partial charge in [0.1, 0.15) is 18.4 Å². The second-order valence-electron chi connectivity index (χ2n) is 6.24. The molecule has 0 bridgehead atoms. The summed E-state index contributed by atoms with van der Waals surface area (Å²) in [6, 6.07) is 14.7. The second-order valence-corrected chi connectivity index (χ2v) is 7.68. The van der Waals surface area contributed by atoms with Crippen molar-refractivity contribution in [2.75, 3.05) is 11.9 Å². The van der Waals surface area contributed by atoms with Crippen molar-refractivity contribution in [3.05, 3.63) is 75.7 Å². The molecule has 1 unspecified atom stereocenters. The Labute approximate surface area is 173 Å². The highest BCUT2D eigenvalue weighted by atomic mass is 35.5. The fraction of sp³-hybridized carbons (Fsp3) is 0.238. The predicted octanol–water partition coefficient (Wildman–Crippen LogP) is 4.53. The van der Waals surface area contributed by atoms with E-state index in [1.165, 1.54) is 4.88 Å². The van der Waals surface area contributed by atoms with Crippen LogP contribution < -0.4 is 15.4 Å². The van der Waals surface area contributed by atoms with E-state index in [1.54, 1.807) is 29.7 Å². The summed E-state index contributed by atoms with van der Waals surface area (Å²) < 4.78 is 5.72. The number of aromatic nitrogens is 1. The van der Waals surface area contributed by atoms with Gasteiger partial charge in [0.15, 0.2) is 0 Å². The Morgan fingerprint density at radius 1 is 1.25 bits per heavy atom. The average molecular weight is 416 g/mol. The lowest BCUT2D eigenvalue weighted by molar-refractivity contribution is -0.121. The van der Waals surface area contributed by atoms with Crippen molar-refractivity contribution in [2.24, 2.45) is 0 Å². The van der Waals surface area contributed by atoms with Crippen molar-refractivity contribution < 1.29 is 9.53 Å². The third-order valence-corrected chi connectivity index (χ3v) is 5.29. The molecule has 0 saturated carbocycles. The van der Waals surface area contributed by atoms with Gasteiger partial charge in [0.05, 0.1) is 10.7 Å². The third-order valence-electron chi connectivity index (χ3n) is 4.06. The maximum Gasteiger partial charge on any atom is 0.242 e. The number of benzene rings is 1. The number of rotatable bonds is 9. The summed E-state index contributed by atoms with van der Waals surface area (Å²) in [7, 11) is 0. The number of anilines is 1. The molecule has 0 aliphatic heterocycles. The van der Waals surface area contributed by atoms with E-state index in [-0.39, 0.29) is 11.9 Å². The quantitative estimate of drug-likeness (QED) is 0.538. The lowest BCUT2D eigenvalue weighted by Gasteiger charge is -2.16. The summed E-state index contributed by atoms with van der Waals surface area (Å²) in [6.45, 7) is 2.78. The van der Waals surface area contributed by atoms with E-state index in [9.17, 15) is 4.79 Å². The van der Waals surface area contributed by atoms with Gasteiger partial charge in [0.25, 0.3) is 0 Å². The molecular weight excluding hydrogens is 394 g/mol. The molecule has 7 heteroatoms. The second kappa shape index (κ2) is 10.1. The minimum atomic E-state index is -0.375. The molecule has 3 aromatic rings. The number of ether oxygens (including phenoxy) is 1. The van der Waals surface area contributed by atoms with E-state index in [4.69, 9.17) is 16.3 Å². The number of hydrogen-bond acceptors (Lipinski definition) is 5. The number of carbonyl (C=O) groups excluding carboxylic acids is 1. The van der Waals surface area contributed by atoms with Crippen LogP contribution in [0.25, 0.3) is 0 Å². The fourth-order valence-electron chi connectivity index (χ4n) is 2.58. The molecule has 0 fully saturated rings. The zero-order valence-electron chi connectivity index (χ0n) is 15.5. The van der Waals surface area contributed by atoms with Gasteiger partial charge in [-0.1, -0.05) is 23.7 Å². The van der Waals surface area contributed by atoms with Crippen LogP contribution >= 0.6 is 22.9 Å². The van der Waals surface area contributed by atoms with Crippen molar-refractivity contribution in [2.45, 2.75) is 26.0 Å². The van der Waals surface area contributed by atoms with Crippen LogP contribution in [0.4, 0.5) is 5.69 Å². The van der Waals surface area contributed by atoms with Gasteiger partial charge in [-0.3, -0.25) is 9.78 Å². The number of amides is 1. The summed E-state index contributed by atoms with van der Waals surface area (Å²) in [4.78, 5) is 17.7. The average Bonchev–Trinajstić information content (AvgIpc) is 3.21. The maximum absolute atomic E-state index is 12.3. The highest BCUT2D eigenvalue weighted by Crippen LogP contribution is 2.28. The van der Waals surface area contributed by atoms with Crippen LogP contribution in [-0.2, 0) is 17.8 Å². The van der Waals surface area contributed by atoms with Gasteiger partial charge in [-0.15, -0.1) is 11.3 Å². The van der Waals surface area contributed by atoms with E-state index < -0.39 is 0 Å². The Bertz CT molecular complexity index is 888. The molecule has 0 aliphatic carbocycles. The Morgan fingerprint density at radius 3 is 2.86 bits per heavy atom. The molecule has 1 aromatic carbocycles. The van der Waals surface area contributed by atoms with Crippen LogP contribution in [0.1, 0.15) is 17.5 Å². The molecule has 146 valence electrons. The van der Waals surface area contributed by atoms with Gasteiger partial charge in [0.2, 0.25) is 5.91 Å². The lowest BCUT2D eigenvalue weighted by Crippen LogP contribution is -2.38. The first kappa shape index (κ1) is 20.2. The van der Waals surface area contributed by atoms with Gasteiger partial charge in [0, 0.05) is 23.3 Å². The number of pyridine rings is 1. The molecule has 5 nitrogen and oxygen atoms in total. The Balaban J connectivity index is 1.48. The molecule has 2 aromatic heterocycles. The molecule has 1 atom stereocenters.